The molecule has 0 saturated carbocycles. The van der Waals surface area contributed by atoms with Crippen LogP contribution in [0.3, 0.4) is 0 Å². The van der Waals surface area contributed by atoms with Crippen LogP contribution >= 0.6 is 0 Å². The van der Waals surface area contributed by atoms with Crippen molar-refractivity contribution in [2.75, 3.05) is 18.5 Å². The summed E-state index contributed by atoms with van der Waals surface area (Å²) in [5.74, 6) is -1.52. The lowest BCUT2D eigenvalue weighted by Crippen LogP contribution is -2.19. The zero-order valence-corrected chi connectivity index (χ0v) is 13.0. The van der Waals surface area contributed by atoms with E-state index in [0.717, 1.165) is 5.56 Å². The summed E-state index contributed by atoms with van der Waals surface area (Å²) in [4.78, 5) is 23.6. The first-order valence-electron chi connectivity index (χ1n) is 7.04. The first kappa shape index (κ1) is 17.7. The predicted octanol–water partition coefficient (Wildman–Crippen LogP) is 1.91. The largest absolute Gasteiger partial charge is 0.462 e. The van der Waals surface area contributed by atoms with E-state index in [1.807, 2.05) is 13.0 Å². The molecule has 6 heteroatoms. The number of esters is 2. The lowest BCUT2D eigenvalue weighted by molar-refractivity contribution is -0.146. The van der Waals surface area contributed by atoms with Crippen molar-refractivity contribution in [1.82, 2.24) is 0 Å². The van der Waals surface area contributed by atoms with Crippen LogP contribution in [-0.4, -0.2) is 30.3 Å². The number of benzene rings is 1. The molecule has 22 heavy (non-hydrogen) atoms. The number of hydrogen-bond acceptors (Lipinski definition) is 6. The van der Waals surface area contributed by atoms with Crippen molar-refractivity contribution < 1.29 is 24.2 Å². The van der Waals surface area contributed by atoms with E-state index in [0.29, 0.717) is 11.3 Å². The summed E-state index contributed by atoms with van der Waals surface area (Å²) in [7, 11) is 0. The van der Waals surface area contributed by atoms with E-state index in [1.165, 1.54) is 6.20 Å². The minimum absolute atomic E-state index is 0.155. The summed E-state index contributed by atoms with van der Waals surface area (Å²) in [6.07, 6.45) is 1.24. The zero-order valence-electron chi connectivity index (χ0n) is 13.0. The van der Waals surface area contributed by atoms with E-state index < -0.39 is 11.9 Å². The monoisotopic (exact) mass is 307 g/mol. The number of ether oxygens (including phenoxy) is 2. The van der Waals surface area contributed by atoms with Crippen molar-refractivity contribution >= 4 is 17.6 Å². The number of nitrogens with one attached hydrogen (secondary N) is 1. The van der Waals surface area contributed by atoms with Gasteiger partial charge in [-0.25, -0.2) is 9.59 Å². The van der Waals surface area contributed by atoms with Gasteiger partial charge in [0.05, 0.1) is 19.8 Å². The molecule has 0 bridgehead atoms. The van der Waals surface area contributed by atoms with E-state index >= 15 is 0 Å². The van der Waals surface area contributed by atoms with Gasteiger partial charge in [-0.05, 0) is 32.4 Å². The SMILES string of the molecule is CCOC(=O)C(=CNc1cc(C)ccc1CO)C(=O)OCC. The fraction of sp³-hybridized carbons (Fsp3) is 0.375. The molecule has 0 radical (unpaired) electrons. The van der Waals surface area contributed by atoms with E-state index in [9.17, 15) is 14.7 Å². The lowest BCUT2D eigenvalue weighted by atomic mass is 10.1. The van der Waals surface area contributed by atoms with Crippen LogP contribution < -0.4 is 5.32 Å². The van der Waals surface area contributed by atoms with Crippen LogP contribution in [0.25, 0.3) is 0 Å². The number of aliphatic hydroxyl groups is 1. The van der Waals surface area contributed by atoms with E-state index in [4.69, 9.17) is 9.47 Å². The molecule has 0 fully saturated rings. The van der Waals surface area contributed by atoms with Crippen LogP contribution in [0, 0.1) is 6.92 Å². The van der Waals surface area contributed by atoms with Gasteiger partial charge in [-0.3, -0.25) is 0 Å². The maximum atomic E-state index is 11.8. The molecular weight excluding hydrogens is 286 g/mol. The van der Waals surface area contributed by atoms with Crippen molar-refractivity contribution in [2.24, 2.45) is 0 Å². The Hall–Kier alpha value is -2.34. The van der Waals surface area contributed by atoms with Gasteiger partial charge < -0.3 is 19.9 Å². The number of aryl methyl sites for hydroxylation is 1. The van der Waals surface area contributed by atoms with Gasteiger partial charge in [-0.15, -0.1) is 0 Å². The minimum atomic E-state index is -0.758. The van der Waals surface area contributed by atoms with Crippen molar-refractivity contribution in [2.45, 2.75) is 27.4 Å². The second kappa shape index (κ2) is 8.84. The van der Waals surface area contributed by atoms with Crippen LogP contribution in [0.15, 0.2) is 30.0 Å². The molecule has 0 aromatic heterocycles. The number of hydrogen-bond donors (Lipinski definition) is 2. The van der Waals surface area contributed by atoms with Crippen LogP contribution in [0.5, 0.6) is 0 Å². The molecule has 0 aliphatic carbocycles. The van der Waals surface area contributed by atoms with Gasteiger partial charge >= 0.3 is 11.9 Å². The molecule has 2 N–H and O–H groups in total. The molecule has 0 aliphatic heterocycles. The van der Waals surface area contributed by atoms with Gasteiger partial charge in [0.1, 0.15) is 0 Å². The first-order chi connectivity index (χ1) is 10.5. The topological polar surface area (TPSA) is 84.9 Å². The highest BCUT2D eigenvalue weighted by molar-refractivity contribution is 6.14. The lowest BCUT2D eigenvalue weighted by Gasteiger charge is -2.10. The maximum absolute atomic E-state index is 11.8. The number of carbonyl (C=O) groups is 2. The molecule has 0 aliphatic rings. The molecule has 120 valence electrons. The van der Waals surface area contributed by atoms with Gasteiger partial charge in [0.2, 0.25) is 0 Å². The Kier molecular flexibility index (Phi) is 7.12. The molecule has 1 aromatic rings. The van der Waals surface area contributed by atoms with E-state index in [2.05, 4.69) is 5.32 Å². The summed E-state index contributed by atoms with van der Waals surface area (Å²) < 4.78 is 9.69. The van der Waals surface area contributed by atoms with Crippen LogP contribution in [0.2, 0.25) is 0 Å². The zero-order chi connectivity index (χ0) is 16.5. The average molecular weight is 307 g/mol. The molecule has 1 rings (SSSR count). The third-order valence-corrected chi connectivity index (χ3v) is 2.80. The Morgan fingerprint density at radius 3 is 2.27 bits per heavy atom. The standard InChI is InChI=1S/C16H21NO5/c1-4-21-15(19)13(16(20)22-5-2)9-17-14-8-11(3)6-7-12(14)10-18/h6-9,17-18H,4-5,10H2,1-3H3. The Morgan fingerprint density at radius 1 is 1.18 bits per heavy atom. The Bertz CT molecular complexity index is 546. The number of anilines is 1. The van der Waals surface area contributed by atoms with Gasteiger partial charge in [0.15, 0.2) is 5.57 Å². The molecule has 1 aromatic carbocycles. The van der Waals surface area contributed by atoms with Gasteiger partial charge in [-0.1, -0.05) is 12.1 Å². The summed E-state index contributed by atoms with van der Waals surface area (Å²) >= 11 is 0. The predicted molar refractivity (Wildman–Crippen MR) is 82.1 cm³/mol. The minimum Gasteiger partial charge on any atom is -0.462 e. The number of aliphatic hydroxyl groups excluding tert-OH is 1. The summed E-state index contributed by atoms with van der Waals surface area (Å²) in [6.45, 7) is 5.35. The fourth-order valence-corrected chi connectivity index (χ4v) is 1.73. The maximum Gasteiger partial charge on any atom is 0.347 e. The first-order valence-corrected chi connectivity index (χ1v) is 7.04. The molecule has 0 saturated heterocycles. The molecule has 0 heterocycles. The molecule has 0 amide bonds. The van der Waals surface area contributed by atoms with Gasteiger partial charge in [0, 0.05) is 17.5 Å². The highest BCUT2D eigenvalue weighted by atomic mass is 16.6. The third kappa shape index (κ3) is 4.89. The summed E-state index contributed by atoms with van der Waals surface area (Å²) in [6, 6.07) is 5.42. The van der Waals surface area contributed by atoms with Crippen LogP contribution in [0.4, 0.5) is 5.69 Å². The average Bonchev–Trinajstić information content (AvgIpc) is 2.48. The highest BCUT2D eigenvalue weighted by Gasteiger charge is 2.21. The second-order valence-electron chi connectivity index (χ2n) is 4.46. The molecule has 6 nitrogen and oxygen atoms in total. The van der Waals surface area contributed by atoms with E-state index in [-0.39, 0.29) is 25.4 Å². The number of rotatable bonds is 7. The Balaban J connectivity index is 3.04. The van der Waals surface area contributed by atoms with Crippen molar-refractivity contribution in [1.29, 1.82) is 0 Å². The summed E-state index contributed by atoms with van der Waals surface area (Å²) in [5.41, 5.74) is 2.00. The third-order valence-electron chi connectivity index (χ3n) is 2.80. The Labute approximate surface area is 129 Å². The van der Waals surface area contributed by atoms with Gasteiger partial charge in [0.25, 0.3) is 0 Å². The normalized spacial score (nSPS) is 9.82. The number of carbonyl (C=O) groups excluding carboxylic acids is 2. The second-order valence-corrected chi connectivity index (χ2v) is 4.46. The van der Waals surface area contributed by atoms with E-state index in [1.54, 1.807) is 26.0 Å². The molecule has 0 unspecified atom stereocenters. The fourth-order valence-electron chi connectivity index (χ4n) is 1.73. The molecule has 0 spiro atoms. The quantitative estimate of drug-likeness (QED) is 0.346. The molecular formula is C16H21NO5. The Morgan fingerprint density at radius 2 is 1.77 bits per heavy atom. The van der Waals surface area contributed by atoms with Crippen LogP contribution in [0.1, 0.15) is 25.0 Å². The van der Waals surface area contributed by atoms with Gasteiger partial charge in [-0.2, -0.15) is 0 Å². The van der Waals surface area contributed by atoms with Crippen LogP contribution in [-0.2, 0) is 25.7 Å². The summed E-state index contributed by atoms with van der Waals surface area (Å²) in [5, 5.41) is 12.2. The smallest absolute Gasteiger partial charge is 0.347 e. The van der Waals surface area contributed by atoms with Crippen molar-refractivity contribution in [3.05, 3.63) is 41.1 Å². The van der Waals surface area contributed by atoms with Crippen molar-refractivity contribution in [3.8, 4) is 0 Å². The molecule has 0 atom stereocenters. The highest BCUT2D eigenvalue weighted by Crippen LogP contribution is 2.18. The van der Waals surface area contributed by atoms with Crippen molar-refractivity contribution in [3.63, 3.8) is 0 Å².